The molecule has 3 rings (SSSR count). The molecule has 1 unspecified atom stereocenters. The highest BCUT2D eigenvalue weighted by Gasteiger charge is 2.25. The predicted molar refractivity (Wildman–Crippen MR) is 119 cm³/mol. The van der Waals surface area contributed by atoms with E-state index in [-0.39, 0.29) is 35.9 Å². The van der Waals surface area contributed by atoms with Crippen molar-refractivity contribution in [2.45, 2.75) is 32.4 Å². The Morgan fingerprint density at radius 2 is 2.29 bits per heavy atom. The van der Waals surface area contributed by atoms with Crippen molar-refractivity contribution in [3.63, 3.8) is 0 Å². The van der Waals surface area contributed by atoms with Crippen molar-refractivity contribution in [2.75, 3.05) is 20.1 Å². The number of likely N-dealkylation sites (tertiary alicyclic amines) is 1. The fourth-order valence-corrected chi connectivity index (χ4v) is 3.14. The number of guanidine groups is 1. The Balaban J connectivity index is 0.00000280. The lowest BCUT2D eigenvalue weighted by molar-refractivity contribution is -0.129. The van der Waals surface area contributed by atoms with Crippen LogP contribution >= 0.6 is 35.6 Å². The van der Waals surface area contributed by atoms with Crippen molar-refractivity contribution in [2.24, 2.45) is 4.99 Å². The standard InChI is InChI=1S/C18H23ClN6O2.HI/c1-3-16(26)25-8-7-14(11-25)22-18(20-2)21-10-15-23-17(24-27-15)12-5-4-6-13(19)9-12;/h4-6,9,14H,3,7-8,10-11H2,1-2H3,(H2,20,21,22);1H. The summed E-state index contributed by atoms with van der Waals surface area (Å²) >= 11 is 6.00. The lowest BCUT2D eigenvalue weighted by Gasteiger charge is -2.18. The summed E-state index contributed by atoms with van der Waals surface area (Å²) in [5, 5.41) is 11.1. The molecule has 10 heteroatoms. The quantitative estimate of drug-likeness (QED) is 0.359. The molecule has 0 radical (unpaired) electrons. The van der Waals surface area contributed by atoms with Crippen molar-refractivity contribution in [3.8, 4) is 11.4 Å². The minimum absolute atomic E-state index is 0. The molecule has 2 N–H and O–H groups in total. The summed E-state index contributed by atoms with van der Waals surface area (Å²) in [7, 11) is 1.70. The summed E-state index contributed by atoms with van der Waals surface area (Å²) in [4.78, 5) is 22.2. The van der Waals surface area contributed by atoms with E-state index in [1.807, 2.05) is 24.0 Å². The Morgan fingerprint density at radius 1 is 1.46 bits per heavy atom. The first kappa shape index (κ1) is 22.4. The third-order valence-corrected chi connectivity index (χ3v) is 4.60. The van der Waals surface area contributed by atoms with Crippen LogP contribution in [0.3, 0.4) is 0 Å². The normalized spacial score (nSPS) is 16.6. The van der Waals surface area contributed by atoms with E-state index < -0.39 is 0 Å². The molecule has 1 amide bonds. The van der Waals surface area contributed by atoms with Gasteiger partial charge in [-0.1, -0.05) is 35.8 Å². The number of rotatable bonds is 5. The number of aliphatic imine (C=N–C) groups is 1. The van der Waals surface area contributed by atoms with Gasteiger partial charge in [-0.3, -0.25) is 9.79 Å². The molecule has 152 valence electrons. The maximum atomic E-state index is 11.8. The van der Waals surface area contributed by atoms with Gasteiger partial charge in [0.25, 0.3) is 0 Å². The van der Waals surface area contributed by atoms with Crippen molar-refractivity contribution in [1.82, 2.24) is 25.7 Å². The molecule has 1 fully saturated rings. The minimum Gasteiger partial charge on any atom is -0.352 e. The molecule has 1 aliphatic heterocycles. The molecule has 1 saturated heterocycles. The van der Waals surface area contributed by atoms with Gasteiger partial charge < -0.3 is 20.1 Å². The third kappa shape index (κ3) is 5.81. The number of hydrogen-bond donors (Lipinski definition) is 2. The Hall–Kier alpha value is -1.88. The molecule has 0 aliphatic carbocycles. The van der Waals surface area contributed by atoms with E-state index in [4.69, 9.17) is 16.1 Å². The van der Waals surface area contributed by atoms with Crippen LogP contribution in [0, 0.1) is 0 Å². The molecule has 0 saturated carbocycles. The largest absolute Gasteiger partial charge is 0.352 e. The molecule has 1 aromatic heterocycles. The van der Waals surface area contributed by atoms with Crippen LogP contribution in [-0.2, 0) is 11.3 Å². The van der Waals surface area contributed by atoms with Gasteiger partial charge in [0.2, 0.25) is 17.6 Å². The number of nitrogens with one attached hydrogen (secondary N) is 2. The van der Waals surface area contributed by atoms with Gasteiger partial charge in [0.15, 0.2) is 5.96 Å². The Morgan fingerprint density at radius 3 is 3.00 bits per heavy atom. The zero-order valence-corrected chi connectivity index (χ0v) is 18.9. The summed E-state index contributed by atoms with van der Waals surface area (Å²) in [5.74, 6) is 1.75. The number of amides is 1. The van der Waals surface area contributed by atoms with Gasteiger partial charge in [0.1, 0.15) is 0 Å². The third-order valence-electron chi connectivity index (χ3n) is 4.37. The van der Waals surface area contributed by atoms with Crippen LogP contribution in [0.2, 0.25) is 5.02 Å². The van der Waals surface area contributed by atoms with Crippen molar-refractivity contribution >= 4 is 47.4 Å². The summed E-state index contributed by atoms with van der Waals surface area (Å²) in [5.41, 5.74) is 0.798. The van der Waals surface area contributed by atoms with Crippen LogP contribution in [0.15, 0.2) is 33.8 Å². The average molecular weight is 519 g/mol. The second-order valence-electron chi connectivity index (χ2n) is 6.27. The highest BCUT2D eigenvalue weighted by molar-refractivity contribution is 14.0. The number of benzene rings is 1. The van der Waals surface area contributed by atoms with Gasteiger partial charge >= 0.3 is 0 Å². The first-order chi connectivity index (χ1) is 13.1. The lowest BCUT2D eigenvalue weighted by atomic mass is 10.2. The zero-order chi connectivity index (χ0) is 19.2. The fourth-order valence-electron chi connectivity index (χ4n) is 2.95. The van der Waals surface area contributed by atoms with Crippen molar-refractivity contribution < 1.29 is 9.32 Å². The first-order valence-corrected chi connectivity index (χ1v) is 9.30. The molecular weight excluding hydrogens is 495 g/mol. The molecule has 1 aromatic carbocycles. The van der Waals surface area contributed by atoms with Crippen LogP contribution in [0.1, 0.15) is 25.7 Å². The molecule has 0 bridgehead atoms. The van der Waals surface area contributed by atoms with Crippen LogP contribution < -0.4 is 10.6 Å². The molecule has 8 nitrogen and oxygen atoms in total. The number of nitrogens with zero attached hydrogens (tertiary/aromatic N) is 4. The lowest BCUT2D eigenvalue weighted by Crippen LogP contribution is -2.44. The van der Waals surface area contributed by atoms with Crippen LogP contribution in [0.25, 0.3) is 11.4 Å². The van der Waals surface area contributed by atoms with Gasteiger partial charge in [-0.05, 0) is 18.6 Å². The van der Waals surface area contributed by atoms with E-state index in [9.17, 15) is 4.79 Å². The number of carbonyl (C=O) groups excluding carboxylic acids is 1. The van der Waals surface area contributed by atoms with Crippen LogP contribution in [0.5, 0.6) is 0 Å². The van der Waals surface area contributed by atoms with E-state index in [1.165, 1.54) is 0 Å². The Kier molecular flexibility index (Phi) is 8.49. The minimum atomic E-state index is 0. The second kappa shape index (κ2) is 10.6. The van der Waals surface area contributed by atoms with E-state index in [0.29, 0.717) is 42.2 Å². The zero-order valence-electron chi connectivity index (χ0n) is 15.8. The monoisotopic (exact) mass is 518 g/mol. The summed E-state index contributed by atoms with van der Waals surface area (Å²) in [6, 6.07) is 7.47. The van der Waals surface area contributed by atoms with Gasteiger partial charge in [0.05, 0.1) is 6.54 Å². The maximum absolute atomic E-state index is 11.8. The fraction of sp³-hybridized carbons (Fsp3) is 0.444. The SMILES string of the molecule is CCC(=O)N1CCC(NC(=NC)NCc2nc(-c3cccc(Cl)c3)no2)C1.I. The number of carbonyl (C=O) groups is 1. The van der Waals surface area contributed by atoms with Gasteiger partial charge in [-0.25, -0.2) is 0 Å². The molecule has 1 aliphatic rings. The van der Waals surface area contributed by atoms with Crippen molar-refractivity contribution in [1.29, 1.82) is 0 Å². The summed E-state index contributed by atoms with van der Waals surface area (Å²) in [6.45, 7) is 3.68. The van der Waals surface area contributed by atoms with Gasteiger partial charge in [0, 0.05) is 43.2 Å². The summed E-state index contributed by atoms with van der Waals surface area (Å²) < 4.78 is 5.28. The van der Waals surface area contributed by atoms with Gasteiger partial charge in [-0.2, -0.15) is 4.98 Å². The van der Waals surface area contributed by atoms with E-state index in [1.54, 1.807) is 19.2 Å². The number of hydrogen-bond acceptors (Lipinski definition) is 5. The second-order valence-corrected chi connectivity index (χ2v) is 6.71. The molecule has 28 heavy (non-hydrogen) atoms. The van der Waals surface area contributed by atoms with E-state index in [2.05, 4.69) is 25.8 Å². The van der Waals surface area contributed by atoms with E-state index in [0.717, 1.165) is 18.5 Å². The highest BCUT2D eigenvalue weighted by Crippen LogP contribution is 2.19. The molecule has 2 heterocycles. The summed E-state index contributed by atoms with van der Waals surface area (Å²) in [6.07, 6.45) is 1.43. The predicted octanol–water partition coefficient (Wildman–Crippen LogP) is 2.68. The Labute approximate surface area is 186 Å². The first-order valence-electron chi connectivity index (χ1n) is 8.92. The Bertz CT molecular complexity index is 828. The van der Waals surface area contributed by atoms with Crippen LogP contribution in [0.4, 0.5) is 0 Å². The molecule has 1 atom stereocenters. The molecule has 0 spiro atoms. The number of aromatic nitrogens is 2. The molecule has 2 aromatic rings. The van der Waals surface area contributed by atoms with Crippen molar-refractivity contribution in [3.05, 3.63) is 35.2 Å². The number of halogens is 2. The molecular formula is C18H24ClIN6O2. The smallest absolute Gasteiger partial charge is 0.246 e. The van der Waals surface area contributed by atoms with E-state index >= 15 is 0 Å². The topological polar surface area (TPSA) is 95.7 Å². The van der Waals surface area contributed by atoms with Gasteiger partial charge in [-0.15, -0.1) is 24.0 Å². The highest BCUT2D eigenvalue weighted by atomic mass is 127. The average Bonchev–Trinajstić information content (AvgIpc) is 3.34. The van der Waals surface area contributed by atoms with Crippen LogP contribution in [-0.4, -0.2) is 53.1 Å². The maximum Gasteiger partial charge on any atom is 0.246 e.